The molecule has 20 heavy (non-hydrogen) atoms. The molecular formula is C17H29NO2. The molecule has 3 aliphatic carbocycles. The largest absolute Gasteiger partial charge is 0.481 e. The van der Waals surface area contributed by atoms with Gasteiger partial charge in [0.2, 0.25) is 0 Å². The molecule has 1 spiro atoms. The smallest absolute Gasteiger partial charge is 0.306 e. The van der Waals surface area contributed by atoms with Gasteiger partial charge in [-0.15, -0.1) is 0 Å². The Morgan fingerprint density at radius 1 is 0.900 bits per heavy atom. The minimum absolute atomic E-state index is 0.0831. The van der Waals surface area contributed by atoms with Gasteiger partial charge in [0.05, 0.1) is 5.92 Å². The first-order chi connectivity index (χ1) is 9.70. The van der Waals surface area contributed by atoms with E-state index in [0.717, 1.165) is 25.7 Å². The number of hydrogen-bond donors (Lipinski definition) is 2. The van der Waals surface area contributed by atoms with Crippen LogP contribution in [0, 0.1) is 11.3 Å². The van der Waals surface area contributed by atoms with E-state index >= 15 is 0 Å². The van der Waals surface area contributed by atoms with Gasteiger partial charge in [-0.2, -0.15) is 0 Å². The van der Waals surface area contributed by atoms with E-state index in [1.807, 2.05) is 0 Å². The summed E-state index contributed by atoms with van der Waals surface area (Å²) in [6.07, 6.45) is 15.1. The molecule has 0 amide bonds. The fourth-order valence-electron chi connectivity index (χ4n) is 5.04. The highest BCUT2D eigenvalue weighted by Gasteiger charge is 2.44. The SMILES string of the molecule is O=C(O)C1CCC(NC2CCCC23CCCCC3)CC1. The fraction of sp³-hybridized carbons (Fsp3) is 0.941. The molecule has 0 saturated heterocycles. The number of rotatable bonds is 3. The predicted molar refractivity (Wildman–Crippen MR) is 79.7 cm³/mol. The Kier molecular flexibility index (Phi) is 4.34. The van der Waals surface area contributed by atoms with Gasteiger partial charge < -0.3 is 10.4 Å². The van der Waals surface area contributed by atoms with Crippen molar-refractivity contribution in [2.45, 2.75) is 89.1 Å². The molecule has 0 aromatic carbocycles. The molecule has 1 atom stereocenters. The minimum atomic E-state index is -0.590. The summed E-state index contributed by atoms with van der Waals surface area (Å²) in [5.41, 5.74) is 0.599. The Bertz CT molecular complexity index is 341. The summed E-state index contributed by atoms with van der Waals surface area (Å²) in [5.74, 6) is -0.673. The van der Waals surface area contributed by atoms with Crippen LogP contribution in [-0.4, -0.2) is 23.2 Å². The normalized spacial score (nSPS) is 37.1. The van der Waals surface area contributed by atoms with E-state index in [1.165, 1.54) is 51.4 Å². The molecule has 3 aliphatic rings. The van der Waals surface area contributed by atoms with Crippen LogP contribution in [0.2, 0.25) is 0 Å². The third kappa shape index (κ3) is 2.88. The zero-order valence-corrected chi connectivity index (χ0v) is 12.6. The van der Waals surface area contributed by atoms with Gasteiger partial charge in [-0.25, -0.2) is 0 Å². The second kappa shape index (κ2) is 6.05. The molecule has 3 heteroatoms. The number of hydrogen-bond acceptors (Lipinski definition) is 2. The van der Waals surface area contributed by atoms with Gasteiger partial charge in [-0.3, -0.25) is 4.79 Å². The maximum Gasteiger partial charge on any atom is 0.306 e. The zero-order chi connectivity index (χ0) is 14.0. The van der Waals surface area contributed by atoms with Crippen LogP contribution in [0.1, 0.15) is 77.0 Å². The Labute approximate surface area is 122 Å². The van der Waals surface area contributed by atoms with E-state index in [1.54, 1.807) is 0 Å². The lowest BCUT2D eigenvalue weighted by Gasteiger charge is -2.42. The maximum absolute atomic E-state index is 11.0. The van der Waals surface area contributed by atoms with Gasteiger partial charge >= 0.3 is 5.97 Å². The monoisotopic (exact) mass is 279 g/mol. The highest BCUT2D eigenvalue weighted by Crippen LogP contribution is 2.49. The lowest BCUT2D eigenvalue weighted by atomic mass is 9.70. The van der Waals surface area contributed by atoms with Crippen molar-refractivity contribution in [3.63, 3.8) is 0 Å². The number of carbonyl (C=O) groups is 1. The van der Waals surface area contributed by atoms with Gasteiger partial charge in [0, 0.05) is 12.1 Å². The molecular weight excluding hydrogens is 250 g/mol. The first-order valence-corrected chi connectivity index (χ1v) is 8.68. The summed E-state index contributed by atoms with van der Waals surface area (Å²) >= 11 is 0. The lowest BCUT2D eigenvalue weighted by molar-refractivity contribution is -0.142. The number of carboxylic acids is 1. The molecule has 3 nitrogen and oxygen atoms in total. The van der Waals surface area contributed by atoms with Crippen molar-refractivity contribution in [3.05, 3.63) is 0 Å². The van der Waals surface area contributed by atoms with Crippen LogP contribution in [0.4, 0.5) is 0 Å². The van der Waals surface area contributed by atoms with Crippen molar-refractivity contribution < 1.29 is 9.90 Å². The molecule has 0 aliphatic heterocycles. The van der Waals surface area contributed by atoms with Crippen LogP contribution < -0.4 is 5.32 Å². The van der Waals surface area contributed by atoms with Gasteiger partial charge in [-0.1, -0.05) is 25.7 Å². The Balaban J connectivity index is 1.54. The van der Waals surface area contributed by atoms with Gasteiger partial charge in [0.25, 0.3) is 0 Å². The third-order valence-corrected chi connectivity index (χ3v) is 6.27. The van der Waals surface area contributed by atoms with Crippen molar-refractivity contribution in [1.82, 2.24) is 5.32 Å². The lowest BCUT2D eigenvalue weighted by Crippen LogP contribution is -2.48. The number of carboxylic acid groups (broad SMARTS) is 1. The summed E-state index contributed by atoms with van der Waals surface area (Å²) in [7, 11) is 0. The highest BCUT2D eigenvalue weighted by atomic mass is 16.4. The second-order valence-corrected chi connectivity index (χ2v) is 7.42. The predicted octanol–water partition coefficient (Wildman–Crippen LogP) is 3.72. The molecule has 1 unspecified atom stereocenters. The molecule has 0 aromatic heterocycles. The van der Waals surface area contributed by atoms with E-state index in [2.05, 4.69) is 5.32 Å². The standard InChI is InChI=1S/C17H29NO2/c19-16(20)13-6-8-14(9-7-13)18-15-5-4-12-17(15)10-2-1-3-11-17/h13-15,18H,1-12H2,(H,19,20). The summed E-state index contributed by atoms with van der Waals surface area (Å²) in [6.45, 7) is 0. The van der Waals surface area contributed by atoms with Crippen molar-refractivity contribution in [1.29, 1.82) is 0 Å². The van der Waals surface area contributed by atoms with Crippen LogP contribution in [-0.2, 0) is 4.79 Å². The van der Waals surface area contributed by atoms with Crippen LogP contribution in [0.15, 0.2) is 0 Å². The highest BCUT2D eigenvalue weighted by molar-refractivity contribution is 5.70. The molecule has 3 saturated carbocycles. The van der Waals surface area contributed by atoms with Crippen molar-refractivity contribution in [3.8, 4) is 0 Å². The average molecular weight is 279 g/mol. The summed E-state index contributed by atoms with van der Waals surface area (Å²) in [5, 5.41) is 13.0. The molecule has 3 rings (SSSR count). The maximum atomic E-state index is 11.0. The quantitative estimate of drug-likeness (QED) is 0.827. The van der Waals surface area contributed by atoms with Crippen LogP contribution >= 0.6 is 0 Å². The van der Waals surface area contributed by atoms with Crippen LogP contribution in [0.3, 0.4) is 0 Å². The van der Waals surface area contributed by atoms with Crippen molar-refractivity contribution >= 4 is 5.97 Å². The molecule has 3 fully saturated rings. The van der Waals surface area contributed by atoms with Gasteiger partial charge in [0.1, 0.15) is 0 Å². The topological polar surface area (TPSA) is 49.3 Å². The fourth-order valence-corrected chi connectivity index (χ4v) is 5.04. The Hall–Kier alpha value is -0.570. The van der Waals surface area contributed by atoms with E-state index < -0.39 is 5.97 Å². The van der Waals surface area contributed by atoms with Crippen LogP contribution in [0.5, 0.6) is 0 Å². The first kappa shape index (κ1) is 14.4. The molecule has 2 N–H and O–H groups in total. The third-order valence-electron chi connectivity index (χ3n) is 6.27. The second-order valence-electron chi connectivity index (χ2n) is 7.42. The van der Waals surface area contributed by atoms with E-state index in [9.17, 15) is 4.79 Å². The number of nitrogens with one attached hydrogen (secondary N) is 1. The Morgan fingerprint density at radius 3 is 2.20 bits per heavy atom. The van der Waals surface area contributed by atoms with Crippen molar-refractivity contribution in [2.24, 2.45) is 11.3 Å². The molecule has 0 bridgehead atoms. The summed E-state index contributed by atoms with van der Waals surface area (Å²) in [4.78, 5) is 11.0. The van der Waals surface area contributed by atoms with Crippen molar-refractivity contribution in [2.75, 3.05) is 0 Å². The molecule has 0 heterocycles. The molecule has 114 valence electrons. The summed E-state index contributed by atoms with van der Waals surface area (Å²) < 4.78 is 0. The molecule has 0 radical (unpaired) electrons. The minimum Gasteiger partial charge on any atom is -0.481 e. The zero-order valence-electron chi connectivity index (χ0n) is 12.6. The van der Waals surface area contributed by atoms with Gasteiger partial charge in [0.15, 0.2) is 0 Å². The van der Waals surface area contributed by atoms with Gasteiger partial charge in [-0.05, 0) is 56.8 Å². The van der Waals surface area contributed by atoms with E-state index in [4.69, 9.17) is 5.11 Å². The Morgan fingerprint density at radius 2 is 1.55 bits per heavy atom. The average Bonchev–Trinajstić information content (AvgIpc) is 2.83. The number of aliphatic carboxylic acids is 1. The summed E-state index contributed by atoms with van der Waals surface area (Å²) in [6, 6.07) is 1.29. The molecule has 0 aromatic rings. The van der Waals surface area contributed by atoms with E-state index in [0.29, 0.717) is 17.5 Å². The van der Waals surface area contributed by atoms with Crippen LogP contribution in [0.25, 0.3) is 0 Å². The van der Waals surface area contributed by atoms with E-state index in [-0.39, 0.29) is 5.92 Å². The first-order valence-electron chi connectivity index (χ1n) is 8.68.